The van der Waals surface area contributed by atoms with Gasteiger partial charge in [0.1, 0.15) is 11.5 Å². The minimum Gasteiger partial charge on any atom is -0.544 e. The Morgan fingerprint density at radius 2 is 2.00 bits per heavy atom. The standard InChI is InChI=1S/C16H17NO2/c18-15(19)16(8-3-9-17-16)11-12-6-7-13-4-1-2-5-14(13)10-12/h1-2,4-7,10,17H,3,8-9,11H2,(H,18,19)/t16-/m0/s1. The number of carbonyl (C=O) groups excluding carboxylic acids is 1. The van der Waals surface area contributed by atoms with Crippen LogP contribution in [0.1, 0.15) is 18.4 Å². The van der Waals surface area contributed by atoms with Crippen LogP contribution in [0.2, 0.25) is 0 Å². The summed E-state index contributed by atoms with van der Waals surface area (Å²) in [5.41, 5.74) is 0.309. The fraction of sp³-hybridized carbons (Fsp3) is 0.312. The number of aliphatic carboxylic acids is 1. The molecule has 2 N–H and O–H groups in total. The number of hydrogen-bond donors (Lipinski definition) is 1. The van der Waals surface area contributed by atoms with Crippen molar-refractivity contribution in [2.24, 2.45) is 0 Å². The van der Waals surface area contributed by atoms with Crippen LogP contribution in [-0.4, -0.2) is 18.1 Å². The van der Waals surface area contributed by atoms with Gasteiger partial charge in [0.25, 0.3) is 0 Å². The van der Waals surface area contributed by atoms with E-state index in [2.05, 4.69) is 24.3 Å². The van der Waals surface area contributed by atoms with Crippen LogP contribution in [0.15, 0.2) is 42.5 Å². The zero-order chi connectivity index (χ0) is 13.3. The van der Waals surface area contributed by atoms with Crippen LogP contribution in [0.25, 0.3) is 10.8 Å². The molecule has 1 aliphatic heterocycles. The molecule has 0 aliphatic carbocycles. The SMILES string of the molecule is O=C([O-])[C@@]1(Cc2ccc3ccccc3c2)CCC[NH2+]1. The quantitative estimate of drug-likeness (QED) is 0.853. The number of rotatable bonds is 3. The van der Waals surface area contributed by atoms with Crippen molar-refractivity contribution in [3.05, 3.63) is 48.0 Å². The molecule has 0 spiro atoms. The highest BCUT2D eigenvalue weighted by atomic mass is 16.4. The normalized spacial score (nSPS) is 22.7. The summed E-state index contributed by atoms with van der Waals surface area (Å²) in [6, 6.07) is 14.3. The molecule has 2 aromatic rings. The van der Waals surface area contributed by atoms with Crippen LogP contribution in [0, 0.1) is 0 Å². The molecule has 0 unspecified atom stereocenters. The van der Waals surface area contributed by atoms with E-state index in [9.17, 15) is 9.90 Å². The third-order valence-electron chi connectivity index (χ3n) is 4.10. The Bertz CT molecular complexity index is 615. The predicted octanol–water partition coefficient (Wildman–Crippen LogP) is 0.228. The lowest BCUT2D eigenvalue weighted by Gasteiger charge is -2.27. The second kappa shape index (κ2) is 4.67. The molecule has 0 bridgehead atoms. The smallest absolute Gasteiger partial charge is 0.140 e. The van der Waals surface area contributed by atoms with Gasteiger partial charge in [-0.2, -0.15) is 0 Å². The Kier molecular flexibility index (Phi) is 2.99. The number of benzene rings is 2. The van der Waals surface area contributed by atoms with Crippen LogP contribution in [0.5, 0.6) is 0 Å². The molecule has 1 fully saturated rings. The van der Waals surface area contributed by atoms with Gasteiger partial charge in [-0.3, -0.25) is 0 Å². The molecule has 0 radical (unpaired) electrons. The highest BCUT2D eigenvalue weighted by molar-refractivity contribution is 5.83. The first kappa shape index (κ1) is 12.2. The van der Waals surface area contributed by atoms with Crippen molar-refractivity contribution in [1.29, 1.82) is 0 Å². The van der Waals surface area contributed by atoms with Crippen molar-refractivity contribution in [3.63, 3.8) is 0 Å². The molecule has 1 aliphatic rings. The maximum atomic E-state index is 11.4. The van der Waals surface area contributed by atoms with Crippen molar-refractivity contribution in [1.82, 2.24) is 0 Å². The van der Waals surface area contributed by atoms with Gasteiger partial charge < -0.3 is 15.2 Å². The molecule has 1 saturated heterocycles. The third-order valence-corrected chi connectivity index (χ3v) is 4.10. The first-order valence-electron chi connectivity index (χ1n) is 6.73. The minimum absolute atomic E-state index is 0.542. The Morgan fingerprint density at radius 1 is 1.21 bits per heavy atom. The zero-order valence-corrected chi connectivity index (χ0v) is 10.8. The van der Waals surface area contributed by atoms with Crippen LogP contribution in [0.4, 0.5) is 0 Å². The average molecular weight is 255 g/mol. The summed E-state index contributed by atoms with van der Waals surface area (Å²) in [6.45, 7) is 0.877. The lowest BCUT2D eigenvalue weighted by Crippen LogP contribution is -2.97. The van der Waals surface area contributed by atoms with Crippen LogP contribution >= 0.6 is 0 Å². The molecular weight excluding hydrogens is 238 g/mol. The van der Waals surface area contributed by atoms with E-state index in [0.29, 0.717) is 12.8 Å². The van der Waals surface area contributed by atoms with Gasteiger partial charge in [0.15, 0.2) is 0 Å². The molecular formula is C16H17NO2. The second-order valence-corrected chi connectivity index (χ2v) is 5.40. The molecule has 3 heteroatoms. The summed E-state index contributed by atoms with van der Waals surface area (Å²) in [7, 11) is 0. The molecule has 19 heavy (non-hydrogen) atoms. The topological polar surface area (TPSA) is 56.7 Å². The number of carboxylic acid groups (broad SMARTS) is 1. The summed E-state index contributed by atoms with van der Waals surface area (Å²) < 4.78 is 0. The average Bonchev–Trinajstić information content (AvgIpc) is 2.88. The lowest BCUT2D eigenvalue weighted by atomic mass is 9.88. The van der Waals surface area contributed by atoms with Gasteiger partial charge in [-0.25, -0.2) is 0 Å². The number of fused-ring (bicyclic) bond motifs is 1. The molecule has 3 rings (SSSR count). The Morgan fingerprint density at radius 3 is 2.68 bits per heavy atom. The lowest BCUT2D eigenvalue weighted by molar-refractivity contribution is -0.700. The van der Waals surface area contributed by atoms with E-state index in [4.69, 9.17) is 0 Å². The summed E-state index contributed by atoms with van der Waals surface area (Å²) in [4.78, 5) is 11.4. The van der Waals surface area contributed by atoms with E-state index in [1.165, 1.54) is 5.39 Å². The summed E-state index contributed by atoms with van der Waals surface area (Å²) in [6.07, 6.45) is 2.18. The Hall–Kier alpha value is -1.87. The number of carboxylic acids is 1. The highest BCUT2D eigenvalue weighted by Gasteiger charge is 2.39. The minimum atomic E-state index is -0.932. The number of quaternary nitrogens is 1. The van der Waals surface area contributed by atoms with Gasteiger partial charge in [-0.05, 0) is 16.3 Å². The Balaban J connectivity index is 1.94. The van der Waals surface area contributed by atoms with Gasteiger partial charge in [-0.1, -0.05) is 42.5 Å². The van der Waals surface area contributed by atoms with Crippen molar-refractivity contribution >= 4 is 16.7 Å². The maximum Gasteiger partial charge on any atom is 0.140 e. The van der Waals surface area contributed by atoms with Gasteiger partial charge in [0.05, 0.1) is 6.54 Å². The molecule has 1 heterocycles. The van der Waals surface area contributed by atoms with E-state index >= 15 is 0 Å². The van der Waals surface area contributed by atoms with E-state index in [0.717, 1.165) is 23.9 Å². The first-order chi connectivity index (χ1) is 9.20. The molecule has 98 valence electrons. The van der Waals surface area contributed by atoms with Crippen molar-refractivity contribution < 1.29 is 15.2 Å². The third kappa shape index (κ3) is 2.22. The van der Waals surface area contributed by atoms with Gasteiger partial charge >= 0.3 is 0 Å². The first-order valence-corrected chi connectivity index (χ1v) is 6.73. The van der Waals surface area contributed by atoms with Crippen molar-refractivity contribution in [2.75, 3.05) is 6.54 Å². The second-order valence-electron chi connectivity index (χ2n) is 5.40. The van der Waals surface area contributed by atoms with Crippen molar-refractivity contribution in [2.45, 2.75) is 24.8 Å². The summed E-state index contributed by atoms with van der Waals surface area (Å²) in [5.74, 6) is -0.932. The number of nitrogens with two attached hydrogens (primary N) is 1. The highest BCUT2D eigenvalue weighted by Crippen LogP contribution is 2.22. The summed E-state index contributed by atoms with van der Waals surface area (Å²) in [5, 5.41) is 15.7. The zero-order valence-electron chi connectivity index (χ0n) is 10.8. The van der Waals surface area contributed by atoms with E-state index in [-0.39, 0.29) is 0 Å². The van der Waals surface area contributed by atoms with Gasteiger partial charge in [-0.15, -0.1) is 0 Å². The van der Waals surface area contributed by atoms with Crippen molar-refractivity contribution in [3.8, 4) is 0 Å². The molecule has 2 aromatic carbocycles. The fourth-order valence-electron chi connectivity index (χ4n) is 3.03. The predicted molar refractivity (Wildman–Crippen MR) is 71.4 cm³/mol. The van der Waals surface area contributed by atoms with E-state index in [1.807, 2.05) is 23.5 Å². The fourth-order valence-corrected chi connectivity index (χ4v) is 3.03. The Labute approximate surface area is 112 Å². The van der Waals surface area contributed by atoms with Gasteiger partial charge in [0, 0.05) is 19.3 Å². The van der Waals surface area contributed by atoms with Crippen LogP contribution < -0.4 is 10.4 Å². The largest absolute Gasteiger partial charge is 0.544 e. The van der Waals surface area contributed by atoms with E-state index < -0.39 is 11.5 Å². The summed E-state index contributed by atoms with van der Waals surface area (Å²) >= 11 is 0. The maximum absolute atomic E-state index is 11.4. The molecule has 1 atom stereocenters. The van der Waals surface area contributed by atoms with Crippen LogP contribution in [0.3, 0.4) is 0 Å². The molecule has 0 saturated carbocycles. The molecule has 0 amide bonds. The monoisotopic (exact) mass is 255 g/mol. The number of carbonyl (C=O) groups is 1. The number of hydrogen-bond acceptors (Lipinski definition) is 2. The van der Waals surface area contributed by atoms with E-state index in [1.54, 1.807) is 0 Å². The van der Waals surface area contributed by atoms with Crippen LogP contribution in [-0.2, 0) is 11.2 Å². The molecule has 0 aromatic heterocycles. The van der Waals surface area contributed by atoms with Gasteiger partial charge in [0.2, 0.25) is 0 Å². The molecule has 3 nitrogen and oxygen atoms in total.